The van der Waals surface area contributed by atoms with Crippen molar-refractivity contribution in [1.82, 2.24) is 20.4 Å². The van der Waals surface area contributed by atoms with E-state index in [1.165, 1.54) is 0 Å². The van der Waals surface area contributed by atoms with E-state index < -0.39 is 0 Å². The van der Waals surface area contributed by atoms with E-state index in [9.17, 15) is 4.79 Å². The number of rotatable bonds is 5. The standard InChI is InChI=1S/C13H22N4O/c1-3-5-13(6-4-7-15-13)12(18)14-8-11-9-16-17(2)10-11/h9-10,15H,3-8H2,1-2H3,(H,14,18). The summed E-state index contributed by atoms with van der Waals surface area (Å²) in [6.45, 7) is 3.62. The Kier molecular flexibility index (Phi) is 4.01. The molecule has 1 aromatic heterocycles. The number of amides is 1. The van der Waals surface area contributed by atoms with E-state index in [-0.39, 0.29) is 11.4 Å². The number of carbonyl (C=O) groups is 1. The van der Waals surface area contributed by atoms with Crippen LogP contribution in [0.2, 0.25) is 0 Å². The minimum absolute atomic E-state index is 0.130. The van der Waals surface area contributed by atoms with Crippen LogP contribution >= 0.6 is 0 Å². The van der Waals surface area contributed by atoms with Crippen LogP contribution in [0.15, 0.2) is 12.4 Å². The maximum atomic E-state index is 12.3. The second-order valence-electron chi connectivity index (χ2n) is 5.07. The number of hydrogen-bond donors (Lipinski definition) is 2. The van der Waals surface area contributed by atoms with Gasteiger partial charge >= 0.3 is 0 Å². The molecule has 0 aliphatic carbocycles. The van der Waals surface area contributed by atoms with Crippen LogP contribution in [0.3, 0.4) is 0 Å². The predicted octanol–water partition coefficient (Wildman–Crippen LogP) is 0.959. The molecule has 1 aliphatic heterocycles. The molecule has 2 heterocycles. The number of hydrogen-bond acceptors (Lipinski definition) is 3. The third-order valence-corrected chi connectivity index (χ3v) is 3.57. The summed E-state index contributed by atoms with van der Waals surface area (Å²) in [5.74, 6) is 0.130. The van der Waals surface area contributed by atoms with Crippen molar-refractivity contribution >= 4 is 5.91 Å². The van der Waals surface area contributed by atoms with Gasteiger partial charge in [-0.15, -0.1) is 0 Å². The van der Waals surface area contributed by atoms with Crippen LogP contribution in [-0.2, 0) is 18.4 Å². The first-order valence-corrected chi connectivity index (χ1v) is 6.67. The molecule has 1 fully saturated rings. The second-order valence-corrected chi connectivity index (χ2v) is 5.07. The van der Waals surface area contributed by atoms with Crippen LogP contribution in [0, 0.1) is 0 Å². The largest absolute Gasteiger partial charge is 0.350 e. The fraction of sp³-hybridized carbons (Fsp3) is 0.692. The van der Waals surface area contributed by atoms with Gasteiger partial charge in [0.15, 0.2) is 0 Å². The highest BCUT2D eigenvalue weighted by molar-refractivity contribution is 5.86. The zero-order chi connectivity index (χ0) is 13.0. The topological polar surface area (TPSA) is 59.0 Å². The van der Waals surface area contributed by atoms with Gasteiger partial charge in [0, 0.05) is 25.4 Å². The van der Waals surface area contributed by atoms with Gasteiger partial charge < -0.3 is 10.6 Å². The van der Waals surface area contributed by atoms with Crippen molar-refractivity contribution in [3.05, 3.63) is 18.0 Å². The van der Waals surface area contributed by atoms with Crippen molar-refractivity contribution in [2.24, 2.45) is 7.05 Å². The van der Waals surface area contributed by atoms with E-state index in [4.69, 9.17) is 0 Å². The lowest BCUT2D eigenvalue weighted by molar-refractivity contribution is -0.127. The van der Waals surface area contributed by atoms with E-state index in [1.54, 1.807) is 10.9 Å². The highest BCUT2D eigenvalue weighted by atomic mass is 16.2. The highest BCUT2D eigenvalue weighted by Crippen LogP contribution is 2.24. The summed E-state index contributed by atoms with van der Waals surface area (Å²) in [4.78, 5) is 12.3. The molecule has 1 atom stereocenters. The van der Waals surface area contributed by atoms with Crippen LogP contribution in [0.1, 0.15) is 38.2 Å². The first-order chi connectivity index (χ1) is 8.66. The lowest BCUT2D eigenvalue weighted by Crippen LogP contribution is -2.53. The molecule has 1 aromatic rings. The summed E-state index contributed by atoms with van der Waals surface area (Å²) in [5, 5.41) is 10.5. The lowest BCUT2D eigenvalue weighted by Gasteiger charge is -2.27. The van der Waals surface area contributed by atoms with E-state index in [0.29, 0.717) is 6.54 Å². The molecular formula is C13H22N4O. The summed E-state index contributed by atoms with van der Waals surface area (Å²) < 4.78 is 1.75. The van der Waals surface area contributed by atoms with Gasteiger partial charge in [-0.25, -0.2) is 0 Å². The number of carbonyl (C=O) groups excluding carboxylic acids is 1. The molecule has 18 heavy (non-hydrogen) atoms. The van der Waals surface area contributed by atoms with Crippen molar-refractivity contribution in [2.75, 3.05) is 6.54 Å². The first kappa shape index (κ1) is 13.1. The molecule has 2 rings (SSSR count). The van der Waals surface area contributed by atoms with Crippen LogP contribution in [0.25, 0.3) is 0 Å². The van der Waals surface area contributed by atoms with Crippen molar-refractivity contribution in [3.63, 3.8) is 0 Å². The zero-order valence-electron chi connectivity index (χ0n) is 11.2. The Bertz CT molecular complexity index is 407. The summed E-state index contributed by atoms with van der Waals surface area (Å²) in [6.07, 6.45) is 7.67. The summed E-state index contributed by atoms with van der Waals surface area (Å²) in [5.41, 5.74) is 0.701. The molecule has 0 aromatic carbocycles. The Labute approximate surface area is 108 Å². The van der Waals surface area contributed by atoms with Crippen molar-refractivity contribution in [2.45, 2.75) is 44.7 Å². The summed E-state index contributed by atoms with van der Waals surface area (Å²) >= 11 is 0. The third kappa shape index (κ3) is 2.72. The molecule has 0 spiro atoms. The molecule has 5 nitrogen and oxygen atoms in total. The van der Waals surface area contributed by atoms with Crippen LogP contribution in [0.5, 0.6) is 0 Å². The van der Waals surface area contributed by atoms with Gasteiger partial charge in [0.1, 0.15) is 0 Å². The maximum absolute atomic E-state index is 12.3. The van der Waals surface area contributed by atoms with Crippen molar-refractivity contribution in [1.29, 1.82) is 0 Å². The van der Waals surface area contributed by atoms with E-state index in [0.717, 1.165) is 37.8 Å². The van der Waals surface area contributed by atoms with Gasteiger partial charge in [0.25, 0.3) is 0 Å². The maximum Gasteiger partial charge on any atom is 0.240 e. The minimum atomic E-state index is -0.336. The second kappa shape index (κ2) is 5.52. The molecule has 1 unspecified atom stereocenters. The highest BCUT2D eigenvalue weighted by Gasteiger charge is 2.39. The molecule has 2 N–H and O–H groups in total. The molecule has 1 aliphatic rings. The van der Waals surface area contributed by atoms with Gasteiger partial charge in [0.05, 0.1) is 11.7 Å². The monoisotopic (exact) mass is 250 g/mol. The summed E-state index contributed by atoms with van der Waals surface area (Å²) in [6, 6.07) is 0. The normalized spacial score (nSPS) is 23.2. The average Bonchev–Trinajstić information content (AvgIpc) is 2.97. The van der Waals surface area contributed by atoms with Gasteiger partial charge in [0.2, 0.25) is 5.91 Å². The van der Waals surface area contributed by atoms with E-state index >= 15 is 0 Å². The molecule has 5 heteroatoms. The molecule has 1 amide bonds. The number of aryl methyl sites for hydroxylation is 1. The number of nitrogens with one attached hydrogen (secondary N) is 2. The fourth-order valence-electron chi connectivity index (χ4n) is 2.67. The van der Waals surface area contributed by atoms with E-state index in [2.05, 4.69) is 22.7 Å². The van der Waals surface area contributed by atoms with Gasteiger partial charge in [-0.05, 0) is 25.8 Å². The smallest absolute Gasteiger partial charge is 0.240 e. The quantitative estimate of drug-likeness (QED) is 0.818. The molecule has 100 valence electrons. The van der Waals surface area contributed by atoms with Gasteiger partial charge in [-0.1, -0.05) is 13.3 Å². The average molecular weight is 250 g/mol. The van der Waals surface area contributed by atoms with Crippen LogP contribution < -0.4 is 10.6 Å². The fourth-order valence-corrected chi connectivity index (χ4v) is 2.67. The van der Waals surface area contributed by atoms with Crippen LogP contribution in [0.4, 0.5) is 0 Å². The van der Waals surface area contributed by atoms with Gasteiger partial charge in [-0.2, -0.15) is 5.10 Å². The third-order valence-electron chi connectivity index (χ3n) is 3.57. The Hall–Kier alpha value is -1.36. The predicted molar refractivity (Wildman–Crippen MR) is 69.9 cm³/mol. The van der Waals surface area contributed by atoms with Crippen molar-refractivity contribution in [3.8, 4) is 0 Å². The molecule has 0 radical (unpaired) electrons. The molecule has 1 saturated heterocycles. The Morgan fingerprint density at radius 1 is 1.67 bits per heavy atom. The van der Waals surface area contributed by atoms with Crippen LogP contribution in [-0.4, -0.2) is 27.8 Å². The van der Waals surface area contributed by atoms with Gasteiger partial charge in [-0.3, -0.25) is 9.48 Å². The molecular weight excluding hydrogens is 228 g/mol. The SMILES string of the molecule is CCCC1(C(=O)NCc2cnn(C)c2)CCCN1. The van der Waals surface area contributed by atoms with Crippen molar-refractivity contribution < 1.29 is 4.79 Å². The summed E-state index contributed by atoms with van der Waals surface area (Å²) in [7, 11) is 1.88. The Morgan fingerprint density at radius 3 is 3.06 bits per heavy atom. The zero-order valence-corrected chi connectivity index (χ0v) is 11.2. The Morgan fingerprint density at radius 2 is 2.50 bits per heavy atom. The first-order valence-electron chi connectivity index (χ1n) is 6.67. The lowest BCUT2D eigenvalue weighted by atomic mass is 9.91. The number of aromatic nitrogens is 2. The minimum Gasteiger partial charge on any atom is -0.350 e. The van der Waals surface area contributed by atoms with E-state index in [1.807, 2.05) is 13.2 Å². The molecule has 0 bridgehead atoms. The number of nitrogens with zero attached hydrogens (tertiary/aromatic N) is 2. The molecule has 0 saturated carbocycles. The Balaban J connectivity index is 1.93.